The van der Waals surface area contributed by atoms with Gasteiger partial charge in [0.1, 0.15) is 10.4 Å². The SMILES string of the molecule is CSc1nc2c(S(N)(=O)=O)cccc2o1. The van der Waals surface area contributed by atoms with Crippen molar-refractivity contribution < 1.29 is 12.8 Å². The fraction of sp³-hybridized carbons (Fsp3) is 0.125. The monoisotopic (exact) mass is 244 g/mol. The summed E-state index contributed by atoms with van der Waals surface area (Å²) in [6, 6.07) is 4.62. The number of primary sulfonamides is 1. The Labute approximate surface area is 90.7 Å². The third kappa shape index (κ3) is 1.85. The molecule has 0 unspecified atom stereocenters. The van der Waals surface area contributed by atoms with E-state index in [0.29, 0.717) is 10.8 Å². The van der Waals surface area contributed by atoms with Crippen molar-refractivity contribution in [2.75, 3.05) is 6.26 Å². The van der Waals surface area contributed by atoms with Gasteiger partial charge in [0, 0.05) is 0 Å². The highest BCUT2D eigenvalue weighted by Crippen LogP contribution is 2.25. The maximum Gasteiger partial charge on any atom is 0.256 e. The van der Waals surface area contributed by atoms with Crippen molar-refractivity contribution in [2.45, 2.75) is 10.1 Å². The molecule has 1 heterocycles. The first-order valence-corrected chi connectivity index (χ1v) is 6.76. The highest BCUT2D eigenvalue weighted by Gasteiger charge is 2.16. The predicted octanol–water partition coefficient (Wildman–Crippen LogP) is 1.20. The lowest BCUT2D eigenvalue weighted by molar-refractivity contribution is 0.490. The molecule has 0 fully saturated rings. The summed E-state index contributed by atoms with van der Waals surface area (Å²) >= 11 is 1.30. The predicted molar refractivity (Wildman–Crippen MR) is 57.2 cm³/mol. The van der Waals surface area contributed by atoms with E-state index in [4.69, 9.17) is 9.56 Å². The van der Waals surface area contributed by atoms with Crippen LogP contribution in [-0.4, -0.2) is 19.7 Å². The first kappa shape index (κ1) is 10.5. The van der Waals surface area contributed by atoms with E-state index < -0.39 is 10.0 Å². The van der Waals surface area contributed by atoms with Gasteiger partial charge in [0.15, 0.2) is 5.58 Å². The largest absolute Gasteiger partial charge is 0.431 e. The van der Waals surface area contributed by atoms with Gasteiger partial charge in [-0.05, 0) is 18.4 Å². The number of thioether (sulfide) groups is 1. The Morgan fingerprint density at radius 1 is 1.47 bits per heavy atom. The molecule has 2 aromatic rings. The fourth-order valence-corrected chi connectivity index (χ4v) is 2.26. The van der Waals surface area contributed by atoms with Gasteiger partial charge in [0.2, 0.25) is 10.0 Å². The van der Waals surface area contributed by atoms with Gasteiger partial charge in [0.25, 0.3) is 5.22 Å². The number of nitrogens with two attached hydrogens (primary N) is 1. The lowest BCUT2D eigenvalue weighted by Gasteiger charge is -1.96. The molecule has 0 aliphatic heterocycles. The van der Waals surface area contributed by atoms with E-state index in [1.54, 1.807) is 18.4 Å². The second kappa shape index (κ2) is 3.51. The summed E-state index contributed by atoms with van der Waals surface area (Å²) in [6.45, 7) is 0. The number of hydrogen-bond donors (Lipinski definition) is 1. The van der Waals surface area contributed by atoms with Crippen molar-refractivity contribution in [2.24, 2.45) is 5.14 Å². The van der Waals surface area contributed by atoms with Crippen molar-refractivity contribution in [3.8, 4) is 0 Å². The van der Waals surface area contributed by atoms with Gasteiger partial charge in [-0.15, -0.1) is 0 Å². The molecule has 15 heavy (non-hydrogen) atoms. The lowest BCUT2D eigenvalue weighted by atomic mass is 10.3. The number of fused-ring (bicyclic) bond motifs is 1. The van der Waals surface area contributed by atoms with Crippen LogP contribution in [0.15, 0.2) is 32.7 Å². The molecule has 2 rings (SSSR count). The quantitative estimate of drug-likeness (QED) is 0.802. The Bertz CT molecular complexity index is 603. The van der Waals surface area contributed by atoms with E-state index in [2.05, 4.69) is 4.98 Å². The molecule has 0 aliphatic carbocycles. The third-order valence-corrected chi connectivity index (χ3v) is 3.31. The van der Waals surface area contributed by atoms with E-state index in [0.717, 1.165) is 0 Å². The standard InChI is InChI=1S/C8H8N2O3S2/c1-14-8-10-7-5(13-8)3-2-4-6(7)15(9,11)12/h2-4H,1H3,(H2,9,11,12). The van der Waals surface area contributed by atoms with Gasteiger partial charge in [0.05, 0.1) is 0 Å². The number of aromatic nitrogens is 1. The number of para-hydroxylation sites is 1. The zero-order chi connectivity index (χ0) is 11.1. The Morgan fingerprint density at radius 2 is 2.20 bits per heavy atom. The van der Waals surface area contributed by atoms with Crippen LogP contribution in [0.25, 0.3) is 11.1 Å². The second-order valence-corrected chi connectivity index (χ2v) is 5.12. The maximum absolute atomic E-state index is 11.2. The zero-order valence-corrected chi connectivity index (χ0v) is 9.43. The summed E-state index contributed by atoms with van der Waals surface area (Å²) in [7, 11) is -3.76. The Hall–Kier alpha value is -1.05. The summed E-state index contributed by atoms with van der Waals surface area (Å²) in [4.78, 5) is 4.02. The lowest BCUT2D eigenvalue weighted by Crippen LogP contribution is -2.12. The molecular weight excluding hydrogens is 236 g/mol. The van der Waals surface area contributed by atoms with E-state index >= 15 is 0 Å². The topological polar surface area (TPSA) is 86.2 Å². The van der Waals surface area contributed by atoms with Gasteiger partial charge < -0.3 is 4.42 Å². The first-order chi connectivity index (χ1) is 7.02. The molecule has 80 valence electrons. The van der Waals surface area contributed by atoms with Gasteiger partial charge in [-0.1, -0.05) is 17.8 Å². The molecule has 1 aromatic carbocycles. The third-order valence-electron chi connectivity index (χ3n) is 1.84. The molecule has 0 atom stereocenters. The Kier molecular flexibility index (Phi) is 2.45. The van der Waals surface area contributed by atoms with Crippen molar-refractivity contribution >= 4 is 32.9 Å². The van der Waals surface area contributed by atoms with Crippen LogP contribution in [0.5, 0.6) is 0 Å². The molecule has 0 spiro atoms. The molecular formula is C8H8N2O3S2. The molecule has 5 nitrogen and oxygen atoms in total. The molecule has 0 amide bonds. The van der Waals surface area contributed by atoms with Crippen molar-refractivity contribution in [1.82, 2.24) is 4.98 Å². The van der Waals surface area contributed by atoms with E-state index in [1.165, 1.54) is 17.8 Å². The molecule has 2 N–H and O–H groups in total. The highest BCUT2D eigenvalue weighted by molar-refractivity contribution is 7.98. The molecule has 0 radical (unpaired) electrons. The minimum absolute atomic E-state index is 0.0101. The van der Waals surface area contributed by atoms with Crippen LogP contribution in [0.2, 0.25) is 0 Å². The van der Waals surface area contributed by atoms with E-state index in [-0.39, 0.29) is 10.4 Å². The number of hydrogen-bond acceptors (Lipinski definition) is 5. The van der Waals surface area contributed by atoms with E-state index in [1.807, 2.05) is 0 Å². The fourth-order valence-electron chi connectivity index (χ4n) is 1.22. The number of rotatable bonds is 2. The summed E-state index contributed by atoms with van der Waals surface area (Å²) in [5.41, 5.74) is 0.704. The minimum atomic E-state index is -3.76. The average Bonchev–Trinajstić information content (AvgIpc) is 2.57. The van der Waals surface area contributed by atoms with Gasteiger partial charge >= 0.3 is 0 Å². The Morgan fingerprint density at radius 3 is 2.80 bits per heavy atom. The van der Waals surface area contributed by atoms with Crippen molar-refractivity contribution in [3.63, 3.8) is 0 Å². The molecule has 0 bridgehead atoms. The van der Waals surface area contributed by atoms with Crippen molar-refractivity contribution in [3.05, 3.63) is 18.2 Å². The summed E-state index contributed by atoms with van der Waals surface area (Å²) in [5.74, 6) is 0. The summed E-state index contributed by atoms with van der Waals surface area (Å²) < 4.78 is 27.8. The number of sulfonamides is 1. The number of oxazole rings is 1. The molecule has 0 saturated heterocycles. The zero-order valence-electron chi connectivity index (χ0n) is 7.80. The van der Waals surface area contributed by atoms with Crippen LogP contribution in [0.4, 0.5) is 0 Å². The van der Waals surface area contributed by atoms with Gasteiger partial charge in [-0.3, -0.25) is 0 Å². The Balaban J connectivity index is 2.81. The maximum atomic E-state index is 11.2. The molecule has 7 heteroatoms. The summed E-state index contributed by atoms with van der Waals surface area (Å²) in [5, 5.41) is 5.48. The average molecular weight is 244 g/mol. The van der Waals surface area contributed by atoms with Crippen molar-refractivity contribution in [1.29, 1.82) is 0 Å². The first-order valence-electron chi connectivity index (χ1n) is 3.99. The normalized spacial score (nSPS) is 12.1. The van der Waals surface area contributed by atoms with Crippen LogP contribution < -0.4 is 5.14 Å². The number of benzene rings is 1. The van der Waals surface area contributed by atoms with Crippen LogP contribution in [0.3, 0.4) is 0 Å². The molecule has 0 aliphatic rings. The smallest absolute Gasteiger partial charge is 0.256 e. The van der Waals surface area contributed by atoms with Crippen LogP contribution in [-0.2, 0) is 10.0 Å². The molecule has 1 aromatic heterocycles. The molecule has 0 saturated carbocycles. The van der Waals surface area contributed by atoms with Crippen LogP contribution >= 0.6 is 11.8 Å². The van der Waals surface area contributed by atoms with Crippen LogP contribution in [0.1, 0.15) is 0 Å². The highest BCUT2D eigenvalue weighted by atomic mass is 32.2. The van der Waals surface area contributed by atoms with Gasteiger partial charge in [-0.2, -0.15) is 0 Å². The van der Waals surface area contributed by atoms with Crippen LogP contribution in [0, 0.1) is 0 Å². The van der Waals surface area contributed by atoms with E-state index in [9.17, 15) is 8.42 Å². The second-order valence-electron chi connectivity index (χ2n) is 2.83. The number of nitrogens with zero attached hydrogens (tertiary/aromatic N) is 1. The summed E-state index contributed by atoms with van der Waals surface area (Å²) in [6.07, 6.45) is 1.79. The minimum Gasteiger partial charge on any atom is -0.431 e. The van der Waals surface area contributed by atoms with Gasteiger partial charge in [-0.25, -0.2) is 18.5 Å².